The molecule has 0 saturated carbocycles. The van der Waals surface area contributed by atoms with Crippen LogP contribution in [0.25, 0.3) is 17.0 Å². The first-order valence-corrected chi connectivity index (χ1v) is 11.2. The fraction of sp³-hybridized carbons (Fsp3) is 0.474. The van der Waals surface area contributed by atoms with E-state index < -0.39 is 23.4 Å². The molecule has 0 spiro atoms. The quantitative estimate of drug-likeness (QED) is 0.568. The zero-order valence-corrected chi connectivity index (χ0v) is 18.1. The molecule has 3 aromatic heterocycles. The molecule has 31 heavy (non-hydrogen) atoms. The highest BCUT2D eigenvalue weighted by Crippen LogP contribution is 2.27. The Kier molecular flexibility index (Phi) is 6.06. The van der Waals surface area contributed by atoms with Crippen molar-refractivity contribution in [2.24, 2.45) is 0 Å². The summed E-state index contributed by atoms with van der Waals surface area (Å²) in [6.45, 7) is 5.55. The molecular formula is C19H23F2N7O2S. The Morgan fingerprint density at radius 2 is 2.13 bits per heavy atom. The minimum absolute atomic E-state index is 0.183. The van der Waals surface area contributed by atoms with Gasteiger partial charge in [0, 0.05) is 30.5 Å². The molecule has 4 rings (SSSR count). The van der Waals surface area contributed by atoms with E-state index in [4.69, 9.17) is 4.74 Å². The monoisotopic (exact) mass is 451 g/mol. The van der Waals surface area contributed by atoms with E-state index in [1.807, 2.05) is 13.8 Å². The Morgan fingerprint density at radius 1 is 1.32 bits per heavy atom. The first kappa shape index (κ1) is 21.8. The van der Waals surface area contributed by atoms with Gasteiger partial charge in [-0.25, -0.2) is 28.2 Å². The van der Waals surface area contributed by atoms with Crippen LogP contribution in [0.2, 0.25) is 0 Å². The highest BCUT2D eigenvalue weighted by atomic mass is 32.2. The van der Waals surface area contributed by atoms with Gasteiger partial charge in [0.15, 0.2) is 5.65 Å². The van der Waals surface area contributed by atoms with Crippen LogP contribution in [0.1, 0.15) is 26.0 Å². The maximum Gasteiger partial charge on any atom is 0.282 e. The van der Waals surface area contributed by atoms with E-state index in [9.17, 15) is 13.3 Å². The van der Waals surface area contributed by atoms with Crippen molar-refractivity contribution in [1.29, 1.82) is 0 Å². The predicted octanol–water partition coefficient (Wildman–Crippen LogP) is 1.99. The molecule has 4 heterocycles. The second-order valence-corrected chi connectivity index (χ2v) is 9.11. The average molecular weight is 452 g/mol. The van der Waals surface area contributed by atoms with E-state index in [0.29, 0.717) is 42.5 Å². The molecular weight excluding hydrogens is 428 g/mol. The van der Waals surface area contributed by atoms with Crippen molar-refractivity contribution in [2.45, 2.75) is 32.0 Å². The van der Waals surface area contributed by atoms with E-state index in [1.165, 1.54) is 23.0 Å². The van der Waals surface area contributed by atoms with Gasteiger partial charge in [-0.2, -0.15) is 5.10 Å². The van der Waals surface area contributed by atoms with E-state index >= 15 is 0 Å². The lowest BCUT2D eigenvalue weighted by Crippen LogP contribution is -2.56. The van der Waals surface area contributed by atoms with Gasteiger partial charge < -0.3 is 14.2 Å². The van der Waals surface area contributed by atoms with Crippen LogP contribution in [0.5, 0.6) is 0 Å². The largest absolute Gasteiger partial charge is 0.598 e. The lowest BCUT2D eigenvalue weighted by atomic mass is 10.1. The number of imidazole rings is 1. The number of nitrogens with one attached hydrogen (secondary N) is 1. The molecule has 0 amide bonds. The molecule has 1 aliphatic heterocycles. The molecule has 0 bridgehead atoms. The van der Waals surface area contributed by atoms with Gasteiger partial charge in [0.2, 0.25) is 0 Å². The number of morpholine rings is 1. The molecule has 1 N–H and O–H groups in total. The molecule has 1 saturated heterocycles. The summed E-state index contributed by atoms with van der Waals surface area (Å²) >= 11 is -1.13. The van der Waals surface area contributed by atoms with Gasteiger partial charge in [-0.05, 0) is 26.0 Å². The van der Waals surface area contributed by atoms with Crippen LogP contribution in [0, 0.1) is 0 Å². The van der Waals surface area contributed by atoms with Gasteiger partial charge in [-0.3, -0.25) is 0 Å². The third-order valence-corrected chi connectivity index (χ3v) is 5.41. The van der Waals surface area contributed by atoms with Crippen molar-refractivity contribution in [3.05, 3.63) is 36.4 Å². The van der Waals surface area contributed by atoms with Crippen LogP contribution in [0.15, 0.2) is 30.7 Å². The Bertz CT molecular complexity index is 1060. The molecule has 0 radical (unpaired) electrons. The molecule has 9 nitrogen and oxygen atoms in total. The number of alkyl halides is 2. The van der Waals surface area contributed by atoms with Crippen molar-refractivity contribution in [3.63, 3.8) is 0 Å². The first-order chi connectivity index (χ1) is 14.7. The van der Waals surface area contributed by atoms with Crippen molar-refractivity contribution in [2.75, 3.05) is 30.8 Å². The topological polar surface area (TPSA) is 104 Å². The summed E-state index contributed by atoms with van der Waals surface area (Å²) in [6, 6.07) is 4.54. The Balaban J connectivity index is 1.64. The SMILES string of the molecule is C[S+]([O-])NC[C@H]1CN(c2cc(-c3cnc4ccc(C(F)F)nn34)ncn2)CC(C)(C)O1. The predicted molar refractivity (Wildman–Crippen MR) is 112 cm³/mol. The number of anilines is 1. The minimum Gasteiger partial charge on any atom is -0.598 e. The summed E-state index contributed by atoms with van der Waals surface area (Å²) in [4.78, 5) is 15.0. The third kappa shape index (κ3) is 4.92. The van der Waals surface area contributed by atoms with Crippen LogP contribution < -0.4 is 9.62 Å². The molecule has 1 unspecified atom stereocenters. The molecule has 0 aromatic carbocycles. The first-order valence-electron chi connectivity index (χ1n) is 9.67. The van der Waals surface area contributed by atoms with Crippen molar-refractivity contribution < 1.29 is 18.1 Å². The van der Waals surface area contributed by atoms with Gasteiger partial charge in [-0.15, -0.1) is 4.72 Å². The second kappa shape index (κ2) is 8.61. The zero-order chi connectivity index (χ0) is 22.2. The number of hydrogen-bond acceptors (Lipinski definition) is 8. The van der Waals surface area contributed by atoms with Gasteiger partial charge in [0.25, 0.3) is 6.43 Å². The van der Waals surface area contributed by atoms with Crippen LogP contribution in [-0.2, 0) is 16.1 Å². The van der Waals surface area contributed by atoms with Gasteiger partial charge in [0.05, 0.1) is 30.1 Å². The van der Waals surface area contributed by atoms with E-state index in [2.05, 4.69) is 29.7 Å². The zero-order valence-electron chi connectivity index (χ0n) is 17.3. The smallest absolute Gasteiger partial charge is 0.282 e. The third-order valence-electron chi connectivity index (χ3n) is 4.84. The summed E-state index contributed by atoms with van der Waals surface area (Å²) in [7, 11) is 0. The number of aromatic nitrogens is 5. The summed E-state index contributed by atoms with van der Waals surface area (Å²) in [6.07, 6.45) is 1.69. The number of nitrogens with zero attached hydrogens (tertiary/aromatic N) is 6. The maximum atomic E-state index is 13.1. The van der Waals surface area contributed by atoms with Crippen LogP contribution in [0.3, 0.4) is 0 Å². The highest BCUT2D eigenvalue weighted by molar-refractivity contribution is 7.88. The minimum atomic E-state index is -2.68. The molecule has 2 atom stereocenters. The lowest BCUT2D eigenvalue weighted by molar-refractivity contribution is -0.0802. The van der Waals surface area contributed by atoms with Gasteiger partial charge >= 0.3 is 0 Å². The molecule has 3 aromatic rings. The molecule has 12 heteroatoms. The fourth-order valence-corrected chi connectivity index (χ4v) is 4.05. The number of ether oxygens (including phenoxy) is 1. The number of halogens is 2. The number of hydrogen-bond donors (Lipinski definition) is 1. The molecule has 1 fully saturated rings. The summed E-state index contributed by atoms with van der Waals surface area (Å²) in [5.41, 5.74) is 0.686. The summed E-state index contributed by atoms with van der Waals surface area (Å²) in [5, 5.41) is 4.00. The normalized spacial score (nSPS) is 19.8. The van der Waals surface area contributed by atoms with E-state index in [1.54, 1.807) is 18.5 Å². The van der Waals surface area contributed by atoms with E-state index in [0.717, 1.165) is 0 Å². The summed E-state index contributed by atoms with van der Waals surface area (Å²) < 4.78 is 48.0. The molecule has 0 aliphatic carbocycles. The highest BCUT2D eigenvalue weighted by Gasteiger charge is 2.34. The Labute approximate surface area is 181 Å². The summed E-state index contributed by atoms with van der Waals surface area (Å²) in [5.74, 6) is 0.670. The Morgan fingerprint density at radius 3 is 2.87 bits per heavy atom. The second-order valence-electron chi connectivity index (χ2n) is 7.92. The fourth-order valence-electron chi connectivity index (χ4n) is 3.63. The van der Waals surface area contributed by atoms with Gasteiger partial charge in [-0.1, -0.05) is 0 Å². The van der Waals surface area contributed by atoms with Crippen molar-refractivity contribution >= 4 is 22.8 Å². The lowest BCUT2D eigenvalue weighted by Gasteiger charge is -2.43. The van der Waals surface area contributed by atoms with Gasteiger partial charge in [0.1, 0.15) is 29.8 Å². The van der Waals surface area contributed by atoms with Crippen LogP contribution >= 0.6 is 0 Å². The number of rotatable bonds is 6. The number of fused-ring (bicyclic) bond motifs is 1. The maximum absolute atomic E-state index is 13.1. The standard InChI is InChI=1S/C19H23F2N7O2S/c1-19(2)10-27(9-12(30-19)7-25-31(3)29)17-6-14(23-11-24-17)15-8-22-16-5-4-13(18(20)21)26-28(15)16/h4-6,8,11-12,18,25H,7,9-10H2,1-3H3/t12-,31?/m0/s1. The van der Waals surface area contributed by atoms with Crippen molar-refractivity contribution in [1.82, 2.24) is 29.3 Å². The molecule has 1 aliphatic rings. The van der Waals surface area contributed by atoms with Crippen molar-refractivity contribution in [3.8, 4) is 11.4 Å². The van der Waals surface area contributed by atoms with Crippen LogP contribution in [0.4, 0.5) is 14.6 Å². The Hall–Kier alpha value is -2.41. The van der Waals surface area contributed by atoms with E-state index in [-0.39, 0.29) is 11.8 Å². The van der Waals surface area contributed by atoms with Crippen LogP contribution in [-0.4, -0.2) is 66.7 Å². The average Bonchev–Trinajstić information content (AvgIpc) is 3.14. The molecule has 166 valence electrons.